The number of hydrogen-bond acceptors (Lipinski definition) is 14. The first-order valence-electron chi connectivity index (χ1n) is 9.62. The fraction of sp³-hybridized carbons (Fsp3) is 0.800. The summed E-state index contributed by atoms with van der Waals surface area (Å²) >= 11 is 0. The number of hydrogen-bond donors (Lipinski definition) is 3. The third-order valence-corrected chi connectivity index (χ3v) is 4.22. The number of amides is 3. The van der Waals surface area contributed by atoms with Crippen LogP contribution in [0, 0.1) is 20.5 Å². The maximum atomic E-state index is 11.0. The van der Waals surface area contributed by atoms with Crippen LogP contribution in [0.25, 0.3) is 0 Å². The second-order valence-corrected chi connectivity index (χ2v) is 8.44. The zero-order valence-corrected chi connectivity index (χ0v) is 21.1. The van der Waals surface area contributed by atoms with Gasteiger partial charge in [-0.1, -0.05) is 0 Å². The number of rotatable bonds is 9. The number of carbonyl (C=O) groups is 3. The van der Waals surface area contributed by atoms with Gasteiger partial charge in [0, 0.05) is 78.2 Å². The summed E-state index contributed by atoms with van der Waals surface area (Å²) in [7, 11) is -9.89. The summed E-state index contributed by atoms with van der Waals surface area (Å²) in [5, 5.41) is 0. The first-order valence-corrected chi connectivity index (χ1v) is 12.1. The Morgan fingerprint density at radius 3 is 0.771 bits per heavy atom. The van der Waals surface area contributed by atoms with Crippen LogP contribution in [0.1, 0.15) is 19.3 Å². The van der Waals surface area contributed by atoms with Gasteiger partial charge in [0.05, 0.1) is 0 Å². The van der Waals surface area contributed by atoms with E-state index >= 15 is 0 Å². The van der Waals surface area contributed by atoms with Crippen LogP contribution < -0.4 is 54.5 Å². The topological polar surface area (TPSA) is 323 Å². The zero-order valence-electron chi connectivity index (χ0n) is 18.6. The van der Waals surface area contributed by atoms with Crippen LogP contribution in [0.4, 0.5) is 0 Å². The predicted octanol–water partition coefficient (Wildman–Crippen LogP) is -12.0. The van der Waals surface area contributed by atoms with Crippen molar-refractivity contribution >= 4 is 17.7 Å². The van der Waals surface area contributed by atoms with Gasteiger partial charge in [-0.2, -0.15) is 0 Å². The van der Waals surface area contributed by atoms with E-state index in [0.29, 0.717) is 38.9 Å². The molecule has 210 valence electrons. The molecule has 0 radical (unpaired) electrons. The van der Waals surface area contributed by atoms with Gasteiger partial charge >= 0.3 is 16.5 Å². The number of primary amides is 3. The zero-order chi connectivity index (χ0) is 26.9. The SMILES string of the molecule is NC(=O)CCN1CCN(CCC(N)=O)CCN(CCC(N)=O)CC1.[Ni+2].[O-][Cl+3]([O-])([O-])[O-].[O-][Cl+3]([O-])([O-])[O-]. The van der Waals surface area contributed by atoms with Crippen molar-refractivity contribution in [1.29, 1.82) is 0 Å². The van der Waals surface area contributed by atoms with Crippen LogP contribution in [-0.4, -0.2) is 91.3 Å². The van der Waals surface area contributed by atoms with E-state index in [9.17, 15) is 14.4 Å². The Hall–Kier alpha value is -0.956. The van der Waals surface area contributed by atoms with Crippen molar-refractivity contribution in [3.63, 3.8) is 0 Å². The molecule has 0 aliphatic carbocycles. The molecule has 1 fully saturated rings. The molecule has 1 saturated heterocycles. The summed E-state index contributed by atoms with van der Waals surface area (Å²) in [6.45, 7) is 6.65. The van der Waals surface area contributed by atoms with E-state index in [4.69, 9.17) is 54.5 Å². The summed E-state index contributed by atoms with van der Waals surface area (Å²) in [4.78, 5) is 39.6. The molecule has 0 saturated carbocycles. The molecule has 0 aromatic carbocycles. The normalized spacial score (nSPS) is 16.1. The standard InChI is InChI=1S/C15H30N6O3.2ClHO4.Ni/c16-13(22)1-4-19-7-9-20(5-2-14(17)23)11-12-21(10-8-19)6-3-15(18)24;2*2-1(3,4)5;/h1-12H2,(H2,16,22)(H2,17,23)(H2,18,24);2*(H,2,3,4,5);/q;;;+2/p-2. The molecule has 6 N–H and O–H groups in total. The molecule has 0 aromatic heterocycles. The Morgan fingerprint density at radius 2 is 0.657 bits per heavy atom. The van der Waals surface area contributed by atoms with Gasteiger partial charge < -0.3 is 31.9 Å². The average molecular weight is 600 g/mol. The molecule has 1 aliphatic rings. The molecular formula is C15H30Cl2N6NiO11. The van der Waals surface area contributed by atoms with Gasteiger partial charge in [0.1, 0.15) is 0 Å². The Balaban J connectivity index is -0.000000784. The largest absolute Gasteiger partial charge is 2.00 e. The second kappa shape index (κ2) is 20.1. The smallest absolute Gasteiger partial charge is 0.370 e. The monoisotopic (exact) mass is 598 g/mol. The van der Waals surface area contributed by atoms with Crippen molar-refractivity contribution in [2.24, 2.45) is 17.2 Å². The molecule has 0 aromatic rings. The van der Waals surface area contributed by atoms with Gasteiger partial charge in [-0.05, 0) is 0 Å². The van der Waals surface area contributed by atoms with Gasteiger partial charge in [-0.15, -0.1) is 20.5 Å². The average Bonchev–Trinajstić information content (AvgIpc) is 2.71. The number of nitrogens with two attached hydrogens (primary N) is 3. The number of carbonyl (C=O) groups excluding carboxylic acids is 3. The maximum Gasteiger partial charge on any atom is 2.00 e. The van der Waals surface area contributed by atoms with E-state index in [1.54, 1.807) is 0 Å². The molecule has 0 bridgehead atoms. The summed E-state index contributed by atoms with van der Waals surface area (Å²) in [5.41, 5.74) is 15.7. The van der Waals surface area contributed by atoms with Crippen molar-refractivity contribution in [3.8, 4) is 0 Å². The molecule has 1 rings (SSSR count). The Labute approximate surface area is 216 Å². The van der Waals surface area contributed by atoms with Crippen molar-refractivity contribution < 1.29 is 88.6 Å². The molecule has 1 aliphatic heterocycles. The van der Waals surface area contributed by atoms with E-state index < -0.39 is 20.5 Å². The second-order valence-electron chi connectivity index (χ2n) is 6.93. The molecular weight excluding hydrogens is 570 g/mol. The van der Waals surface area contributed by atoms with E-state index in [2.05, 4.69) is 14.7 Å². The van der Waals surface area contributed by atoms with Crippen LogP contribution in [0.3, 0.4) is 0 Å². The van der Waals surface area contributed by atoms with Crippen LogP contribution in [0.2, 0.25) is 0 Å². The molecule has 35 heavy (non-hydrogen) atoms. The summed E-state index contributed by atoms with van der Waals surface area (Å²) in [5.74, 6) is -0.942. The van der Waals surface area contributed by atoms with E-state index in [0.717, 1.165) is 39.3 Å². The minimum absolute atomic E-state index is 0. The first-order chi connectivity index (χ1) is 15.4. The number of halogens is 2. The fourth-order valence-electron chi connectivity index (χ4n) is 2.66. The van der Waals surface area contributed by atoms with Crippen molar-refractivity contribution in [2.75, 3.05) is 58.9 Å². The van der Waals surface area contributed by atoms with Gasteiger partial charge in [-0.25, -0.2) is 37.3 Å². The van der Waals surface area contributed by atoms with Crippen LogP contribution in [0.5, 0.6) is 0 Å². The Kier molecular flexibility index (Phi) is 22.2. The summed E-state index contributed by atoms with van der Waals surface area (Å²) in [6, 6.07) is 0. The van der Waals surface area contributed by atoms with Crippen LogP contribution in [0.15, 0.2) is 0 Å². The maximum absolute atomic E-state index is 11.0. The summed E-state index contributed by atoms with van der Waals surface area (Å²) < 4.78 is 67.9. The van der Waals surface area contributed by atoms with Crippen LogP contribution >= 0.6 is 0 Å². The fourth-order valence-corrected chi connectivity index (χ4v) is 2.66. The predicted molar refractivity (Wildman–Crippen MR) is 90.8 cm³/mol. The Bertz CT molecular complexity index is 515. The number of nitrogens with zero attached hydrogens (tertiary/aromatic N) is 3. The molecule has 17 nitrogen and oxygen atoms in total. The van der Waals surface area contributed by atoms with Gasteiger partial charge in [0.2, 0.25) is 17.7 Å². The molecule has 0 unspecified atom stereocenters. The summed E-state index contributed by atoms with van der Waals surface area (Å²) in [6.07, 6.45) is 0.966. The van der Waals surface area contributed by atoms with Crippen molar-refractivity contribution in [1.82, 2.24) is 14.7 Å². The molecule has 1 heterocycles. The first kappa shape index (κ1) is 38.6. The quantitative estimate of drug-likeness (QED) is 0.207. The molecule has 3 amide bonds. The van der Waals surface area contributed by atoms with E-state index in [1.807, 2.05) is 0 Å². The third-order valence-electron chi connectivity index (χ3n) is 4.22. The molecule has 0 spiro atoms. The third kappa shape index (κ3) is 37.8. The Morgan fingerprint density at radius 1 is 0.514 bits per heavy atom. The van der Waals surface area contributed by atoms with Gasteiger partial charge in [-0.3, -0.25) is 14.4 Å². The van der Waals surface area contributed by atoms with Crippen LogP contribution in [-0.2, 0) is 30.9 Å². The van der Waals surface area contributed by atoms with Gasteiger partial charge in [0.15, 0.2) is 0 Å². The van der Waals surface area contributed by atoms with E-state index in [-0.39, 0.29) is 34.2 Å². The minimum Gasteiger partial charge on any atom is -0.370 e. The molecule has 0 atom stereocenters. The van der Waals surface area contributed by atoms with Crippen molar-refractivity contribution in [2.45, 2.75) is 19.3 Å². The minimum atomic E-state index is -4.94. The van der Waals surface area contributed by atoms with Crippen molar-refractivity contribution in [3.05, 3.63) is 0 Å². The van der Waals surface area contributed by atoms with Gasteiger partial charge in [0.25, 0.3) is 0 Å². The van der Waals surface area contributed by atoms with E-state index in [1.165, 1.54) is 0 Å². The molecule has 20 heteroatoms.